The van der Waals surface area contributed by atoms with Gasteiger partial charge in [0.1, 0.15) is 0 Å². The van der Waals surface area contributed by atoms with E-state index in [4.69, 9.17) is 0 Å². The quantitative estimate of drug-likeness (QED) is 0.822. The number of thioether (sulfide) groups is 1. The molecule has 0 saturated heterocycles. The van der Waals surface area contributed by atoms with Gasteiger partial charge in [0.2, 0.25) is 5.12 Å². The van der Waals surface area contributed by atoms with Crippen LogP contribution in [0.5, 0.6) is 0 Å². The lowest BCUT2D eigenvalue weighted by Gasteiger charge is -2.15. The normalized spacial score (nSPS) is 16.1. The minimum Gasteiger partial charge on any atom is -0.358 e. The number of hydrogen-bond acceptors (Lipinski definition) is 3. The van der Waals surface area contributed by atoms with Gasteiger partial charge in [-0.05, 0) is 18.2 Å². The first-order valence-corrected chi connectivity index (χ1v) is 6.48. The van der Waals surface area contributed by atoms with Crippen molar-refractivity contribution in [3.63, 3.8) is 0 Å². The van der Waals surface area contributed by atoms with E-state index < -0.39 is 23.5 Å². The summed E-state index contributed by atoms with van der Waals surface area (Å²) in [4.78, 5) is 11.0. The van der Waals surface area contributed by atoms with Crippen molar-refractivity contribution in [2.24, 2.45) is 0 Å². The minimum absolute atomic E-state index is 0.0497. The maximum absolute atomic E-state index is 12.6. The molecule has 0 aliphatic carbocycles. The highest BCUT2D eigenvalue weighted by Gasteiger charge is 2.37. The average molecular weight is 327 g/mol. The molecule has 0 spiro atoms. The molecular weight excluding hydrogens is 320 g/mol. The van der Waals surface area contributed by atoms with Crippen molar-refractivity contribution in [1.82, 2.24) is 0 Å². The average Bonchev–Trinajstić information content (AvgIpc) is 2.72. The molecule has 2 nitrogen and oxygen atoms in total. The summed E-state index contributed by atoms with van der Waals surface area (Å²) in [5.41, 5.74) is -2.91. The standard InChI is InChI=1S/C12H7F6NOS/c13-11(14,15)6-1-7(12(16,17)18)3-8(2-6)19-9-4-10(20)21-5-9/h1-4,19H,5H2. The summed E-state index contributed by atoms with van der Waals surface area (Å²) >= 11 is 0.906. The van der Waals surface area contributed by atoms with Crippen LogP contribution in [-0.4, -0.2) is 10.9 Å². The topological polar surface area (TPSA) is 29.1 Å². The molecule has 9 heteroatoms. The molecule has 1 aliphatic heterocycles. The first kappa shape index (κ1) is 15.7. The molecule has 0 unspecified atom stereocenters. The third kappa shape index (κ3) is 3.93. The molecule has 1 aromatic rings. The Balaban J connectivity index is 2.41. The second kappa shape index (κ2) is 5.28. The van der Waals surface area contributed by atoms with E-state index in [0.717, 1.165) is 17.8 Å². The van der Waals surface area contributed by atoms with Gasteiger partial charge in [-0.15, -0.1) is 0 Å². The second-order valence-corrected chi connectivity index (χ2v) is 5.18. The van der Waals surface area contributed by atoms with Crippen LogP contribution in [0.4, 0.5) is 32.0 Å². The van der Waals surface area contributed by atoms with Crippen LogP contribution in [0.15, 0.2) is 30.0 Å². The fourth-order valence-electron chi connectivity index (χ4n) is 1.66. The van der Waals surface area contributed by atoms with Gasteiger partial charge in [-0.1, -0.05) is 11.8 Å². The predicted molar refractivity (Wildman–Crippen MR) is 65.6 cm³/mol. The highest BCUT2D eigenvalue weighted by atomic mass is 32.2. The van der Waals surface area contributed by atoms with E-state index in [1.54, 1.807) is 0 Å². The molecule has 0 atom stereocenters. The van der Waals surface area contributed by atoms with Gasteiger partial charge in [-0.2, -0.15) is 26.3 Å². The molecule has 0 amide bonds. The van der Waals surface area contributed by atoms with E-state index in [0.29, 0.717) is 12.1 Å². The number of benzene rings is 1. The lowest BCUT2D eigenvalue weighted by Crippen LogP contribution is -2.12. The summed E-state index contributed by atoms with van der Waals surface area (Å²) in [7, 11) is 0. The molecule has 1 aliphatic rings. The lowest BCUT2D eigenvalue weighted by atomic mass is 10.1. The van der Waals surface area contributed by atoms with E-state index in [1.165, 1.54) is 0 Å². The Morgan fingerprint density at radius 3 is 1.86 bits per heavy atom. The zero-order valence-corrected chi connectivity index (χ0v) is 10.9. The third-order valence-electron chi connectivity index (χ3n) is 2.55. The Hall–Kier alpha value is -1.64. The van der Waals surface area contributed by atoms with Gasteiger partial charge in [0.15, 0.2) is 0 Å². The molecule has 1 heterocycles. The Kier molecular flexibility index (Phi) is 3.96. The molecule has 0 bridgehead atoms. The monoisotopic (exact) mass is 327 g/mol. The molecule has 21 heavy (non-hydrogen) atoms. The van der Waals surface area contributed by atoms with Crippen molar-refractivity contribution in [3.05, 3.63) is 41.1 Å². The van der Waals surface area contributed by atoms with Crippen molar-refractivity contribution in [2.45, 2.75) is 12.4 Å². The minimum atomic E-state index is -4.90. The van der Waals surface area contributed by atoms with Gasteiger partial charge in [-0.25, -0.2) is 0 Å². The van der Waals surface area contributed by atoms with Gasteiger partial charge >= 0.3 is 12.4 Å². The molecule has 0 saturated carbocycles. The van der Waals surface area contributed by atoms with E-state index in [2.05, 4.69) is 5.32 Å². The van der Waals surface area contributed by atoms with E-state index in [-0.39, 0.29) is 28.3 Å². The highest BCUT2D eigenvalue weighted by Crippen LogP contribution is 2.38. The van der Waals surface area contributed by atoms with Gasteiger partial charge in [0.25, 0.3) is 0 Å². The number of halogens is 6. The zero-order chi connectivity index (χ0) is 15.8. The van der Waals surface area contributed by atoms with Crippen LogP contribution in [0.25, 0.3) is 0 Å². The molecule has 0 aromatic heterocycles. The first-order chi connectivity index (χ1) is 9.55. The van der Waals surface area contributed by atoms with Crippen LogP contribution in [0.3, 0.4) is 0 Å². The number of alkyl halides is 6. The maximum atomic E-state index is 12.6. The summed E-state index contributed by atoms with van der Waals surface area (Å²) in [5.74, 6) is 0.177. The fourth-order valence-corrected chi connectivity index (χ4v) is 2.34. The van der Waals surface area contributed by atoms with Gasteiger partial charge < -0.3 is 5.32 Å². The Morgan fingerprint density at radius 1 is 0.952 bits per heavy atom. The van der Waals surface area contributed by atoms with Crippen molar-refractivity contribution in [1.29, 1.82) is 0 Å². The van der Waals surface area contributed by atoms with Crippen molar-refractivity contribution < 1.29 is 31.1 Å². The van der Waals surface area contributed by atoms with Crippen LogP contribution in [0.2, 0.25) is 0 Å². The van der Waals surface area contributed by atoms with E-state index in [1.807, 2.05) is 0 Å². The van der Waals surface area contributed by atoms with Crippen molar-refractivity contribution in [3.8, 4) is 0 Å². The van der Waals surface area contributed by atoms with E-state index >= 15 is 0 Å². The third-order valence-corrected chi connectivity index (χ3v) is 3.41. The van der Waals surface area contributed by atoms with Gasteiger partial charge in [0.05, 0.1) is 11.1 Å². The van der Waals surface area contributed by atoms with E-state index in [9.17, 15) is 31.1 Å². The fraction of sp³-hybridized carbons (Fsp3) is 0.250. The SMILES string of the molecule is O=C1C=C(Nc2cc(C(F)(F)F)cc(C(F)(F)F)c2)CS1. The summed E-state index contributed by atoms with van der Waals surface area (Å²) in [6.07, 6.45) is -8.66. The summed E-state index contributed by atoms with van der Waals surface area (Å²) in [5, 5.41) is 2.11. The number of rotatable bonds is 2. The number of carbonyl (C=O) groups is 1. The Bertz CT molecular complexity index is 572. The van der Waals surface area contributed by atoms with Crippen LogP contribution in [0, 0.1) is 0 Å². The first-order valence-electron chi connectivity index (χ1n) is 5.49. The van der Waals surface area contributed by atoms with Crippen LogP contribution >= 0.6 is 11.8 Å². The number of hydrogen-bond donors (Lipinski definition) is 1. The Labute approximate surface area is 119 Å². The van der Waals surface area contributed by atoms with Crippen LogP contribution in [0.1, 0.15) is 11.1 Å². The smallest absolute Gasteiger partial charge is 0.358 e. The van der Waals surface area contributed by atoms with Crippen LogP contribution in [-0.2, 0) is 17.1 Å². The van der Waals surface area contributed by atoms with Gasteiger partial charge in [-0.3, -0.25) is 4.79 Å². The van der Waals surface area contributed by atoms with Crippen LogP contribution < -0.4 is 5.32 Å². The lowest BCUT2D eigenvalue weighted by molar-refractivity contribution is -0.143. The maximum Gasteiger partial charge on any atom is 0.416 e. The molecule has 114 valence electrons. The number of anilines is 1. The molecule has 1 aromatic carbocycles. The van der Waals surface area contributed by atoms with Gasteiger partial charge in [0, 0.05) is 23.2 Å². The molecule has 2 rings (SSSR count). The predicted octanol–water partition coefficient (Wildman–Crippen LogP) is 4.29. The van der Waals surface area contributed by atoms with Crippen molar-refractivity contribution >= 4 is 22.6 Å². The largest absolute Gasteiger partial charge is 0.416 e. The summed E-state index contributed by atoms with van der Waals surface area (Å²) in [6, 6.07) is 1.20. The molecular formula is C12H7F6NOS. The summed E-state index contributed by atoms with van der Waals surface area (Å²) < 4.78 is 75.9. The van der Waals surface area contributed by atoms with Crippen molar-refractivity contribution in [2.75, 3.05) is 11.1 Å². The second-order valence-electron chi connectivity index (χ2n) is 4.20. The molecule has 0 radical (unpaired) electrons. The number of nitrogens with one attached hydrogen (secondary N) is 1. The zero-order valence-electron chi connectivity index (χ0n) is 10.1. The molecule has 0 fully saturated rings. The highest BCUT2D eigenvalue weighted by molar-refractivity contribution is 8.14. The molecule has 1 N–H and O–H groups in total. The number of carbonyl (C=O) groups excluding carboxylic acids is 1. The summed E-state index contributed by atoms with van der Waals surface area (Å²) in [6.45, 7) is 0. The Morgan fingerprint density at radius 2 is 1.48 bits per heavy atom.